The zero-order valence-corrected chi connectivity index (χ0v) is 21.3. The summed E-state index contributed by atoms with van der Waals surface area (Å²) < 4.78 is 40.5. The lowest BCUT2D eigenvalue weighted by atomic mass is 9.99. The molecule has 1 amide bonds. The van der Waals surface area contributed by atoms with Gasteiger partial charge in [0.15, 0.2) is 5.69 Å². The number of carbonyl (C=O) groups excluding carboxylic acids is 1. The van der Waals surface area contributed by atoms with Crippen molar-refractivity contribution in [2.45, 2.75) is 26.0 Å². The Labute approximate surface area is 223 Å². The molecule has 2 aromatic heterocycles. The molecule has 39 heavy (non-hydrogen) atoms. The van der Waals surface area contributed by atoms with Crippen LogP contribution < -0.4 is 20.3 Å². The summed E-state index contributed by atoms with van der Waals surface area (Å²) in [5.74, 6) is -0.0495. The fourth-order valence-electron chi connectivity index (χ4n) is 4.14. The van der Waals surface area contributed by atoms with E-state index in [9.17, 15) is 18.4 Å². The van der Waals surface area contributed by atoms with Gasteiger partial charge in [-0.1, -0.05) is 30.3 Å². The van der Waals surface area contributed by atoms with Gasteiger partial charge in [-0.3, -0.25) is 14.7 Å². The van der Waals surface area contributed by atoms with E-state index in [1.807, 2.05) is 24.3 Å². The van der Waals surface area contributed by atoms with Crippen LogP contribution in [0, 0.1) is 0 Å². The lowest BCUT2D eigenvalue weighted by Crippen LogP contribution is -2.25. The van der Waals surface area contributed by atoms with Crippen LogP contribution in [-0.4, -0.2) is 41.9 Å². The normalized spacial score (nSPS) is 10.8. The summed E-state index contributed by atoms with van der Waals surface area (Å²) in [6.45, 7) is -1.90. The average molecular weight is 539 g/mol. The maximum absolute atomic E-state index is 13.1. The minimum absolute atomic E-state index is 0.0309. The van der Waals surface area contributed by atoms with E-state index < -0.39 is 19.6 Å². The van der Waals surface area contributed by atoms with Gasteiger partial charge in [0.2, 0.25) is 13.7 Å². The van der Waals surface area contributed by atoms with Crippen LogP contribution in [0.4, 0.5) is 8.78 Å². The minimum atomic E-state index is -1.06. The van der Waals surface area contributed by atoms with E-state index in [1.165, 1.54) is 18.2 Å². The Morgan fingerprint density at radius 3 is 2.41 bits per heavy atom. The molecule has 0 unspecified atom stereocenters. The summed E-state index contributed by atoms with van der Waals surface area (Å²) in [5.41, 5.74) is 4.37. The maximum atomic E-state index is 13.1. The molecule has 2 heterocycles. The number of rotatable bonds is 13. The number of methoxy groups -OCH3 is 1. The summed E-state index contributed by atoms with van der Waals surface area (Å²) in [4.78, 5) is 27.8. The number of H-pyrrole nitrogens is 2. The third kappa shape index (κ3) is 7.08. The number of aromatic nitrogens is 3. The van der Waals surface area contributed by atoms with Crippen molar-refractivity contribution in [3.8, 4) is 11.5 Å². The molecule has 4 aromatic rings. The molecule has 0 atom stereocenters. The van der Waals surface area contributed by atoms with Gasteiger partial charge in [-0.2, -0.15) is 5.10 Å². The second kappa shape index (κ2) is 13.3. The van der Waals surface area contributed by atoms with Crippen LogP contribution in [0.5, 0.6) is 11.5 Å². The van der Waals surface area contributed by atoms with Crippen molar-refractivity contribution in [1.29, 1.82) is 0 Å². The fraction of sp³-hybridized carbons (Fsp3) is 0.250. The van der Waals surface area contributed by atoms with Gasteiger partial charge in [-0.15, -0.1) is 0 Å². The number of nitrogens with one attached hydrogen (secondary N) is 3. The molecule has 0 aliphatic heterocycles. The first-order valence-electron chi connectivity index (χ1n) is 12.1. The number of benzene rings is 2. The largest absolute Gasteiger partial charge is 0.463 e. The van der Waals surface area contributed by atoms with Gasteiger partial charge in [0.1, 0.15) is 11.5 Å². The van der Waals surface area contributed by atoms with Gasteiger partial charge in [0.05, 0.1) is 12.3 Å². The highest BCUT2D eigenvalue weighted by Gasteiger charge is 2.20. The van der Waals surface area contributed by atoms with Gasteiger partial charge in [-0.25, -0.2) is 8.78 Å². The first kappa shape index (κ1) is 27.5. The molecule has 3 N–H and O–H groups in total. The second-order valence-corrected chi connectivity index (χ2v) is 8.62. The Morgan fingerprint density at radius 2 is 1.72 bits per heavy atom. The Balaban J connectivity index is 1.50. The Hall–Kier alpha value is -4.51. The highest BCUT2D eigenvalue weighted by atomic mass is 19.1. The Morgan fingerprint density at radius 1 is 0.974 bits per heavy atom. The van der Waals surface area contributed by atoms with E-state index in [-0.39, 0.29) is 35.9 Å². The standard InChI is InChI=1S/C28H28F2N4O5/c1-37-15-24-23(12-19-6-4-18(5-7-19)11-20-3-2-10-31-27(20)35)26(34-33-24)28(36)32-14-21-13-22(38-16-29)8-9-25(21)39-17-30/h2-10,13H,11-12,14-17H2,1H3,(H,31,35)(H,32,36)(H,33,34). The number of ether oxygens (including phenoxy) is 3. The van der Waals surface area contributed by atoms with Crippen molar-refractivity contribution in [2.75, 3.05) is 20.8 Å². The summed E-state index contributed by atoms with van der Waals surface area (Å²) >= 11 is 0. The SMILES string of the molecule is COCc1[nH]nc(C(=O)NCc2cc(OCF)ccc2OCF)c1Cc1ccc(Cc2ccc[nH]c2=O)cc1. The van der Waals surface area contributed by atoms with Gasteiger partial charge < -0.3 is 24.5 Å². The van der Waals surface area contributed by atoms with Crippen LogP contribution in [0.2, 0.25) is 0 Å². The molecule has 4 rings (SSSR count). The smallest absolute Gasteiger partial charge is 0.272 e. The predicted octanol–water partition coefficient (Wildman–Crippen LogP) is 3.97. The highest BCUT2D eigenvalue weighted by molar-refractivity contribution is 5.94. The lowest BCUT2D eigenvalue weighted by molar-refractivity contribution is 0.0944. The Kier molecular flexibility index (Phi) is 9.41. The maximum Gasteiger partial charge on any atom is 0.272 e. The van der Waals surface area contributed by atoms with E-state index >= 15 is 0 Å². The molecule has 9 nitrogen and oxygen atoms in total. The van der Waals surface area contributed by atoms with Crippen LogP contribution in [0.15, 0.2) is 65.6 Å². The summed E-state index contributed by atoms with van der Waals surface area (Å²) in [7, 11) is 1.54. The topological polar surface area (TPSA) is 118 Å². The van der Waals surface area contributed by atoms with Crippen LogP contribution >= 0.6 is 0 Å². The van der Waals surface area contributed by atoms with Crippen molar-refractivity contribution < 1.29 is 27.8 Å². The first-order chi connectivity index (χ1) is 19.0. The molecule has 11 heteroatoms. The second-order valence-electron chi connectivity index (χ2n) is 8.62. The van der Waals surface area contributed by atoms with Crippen LogP contribution in [0.25, 0.3) is 0 Å². The lowest BCUT2D eigenvalue weighted by Gasteiger charge is -2.12. The van der Waals surface area contributed by atoms with Gasteiger partial charge in [0, 0.05) is 49.4 Å². The minimum Gasteiger partial charge on any atom is -0.463 e. The van der Waals surface area contributed by atoms with Crippen LogP contribution in [-0.2, 0) is 30.7 Å². The Bertz CT molecular complexity index is 1450. The number of amides is 1. The zero-order valence-electron chi connectivity index (χ0n) is 21.3. The first-order valence-corrected chi connectivity index (χ1v) is 12.1. The van der Waals surface area contributed by atoms with E-state index in [0.29, 0.717) is 35.2 Å². The molecule has 0 radical (unpaired) electrons. The molecule has 0 saturated heterocycles. The summed E-state index contributed by atoms with van der Waals surface area (Å²) in [6.07, 6.45) is 2.50. The zero-order chi connectivity index (χ0) is 27.6. The van der Waals surface area contributed by atoms with E-state index in [0.717, 1.165) is 11.1 Å². The molecule has 0 bridgehead atoms. The number of aromatic amines is 2. The molecule has 0 aliphatic rings. The summed E-state index contributed by atoms with van der Waals surface area (Å²) in [6, 6.07) is 15.7. The van der Waals surface area contributed by atoms with Gasteiger partial charge in [0.25, 0.3) is 11.5 Å². The number of hydrogen-bond donors (Lipinski definition) is 3. The van der Waals surface area contributed by atoms with Crippen LogP contribution in [0.3, 0.4) is 0 Å². The van der Waals surface area contributed by atoms with Crippen molar-refractivity contribution >= 4 is 5.91 Å². The number of nitrogens with zero attached hydrogens (tertiary/aromatic N) is 1. The van der Waals surface area contributed by atoms with Crippen molar-refractivity contribution in [3.63, 3.8) is 0 Å². The van der Waals surface area contributed by atoms with E-state index in [2.05, 4.69) is 20.5 Å². The van der Waals surface area contributed by atoms with Crippen molar-refractivity contribution in [1.82, 2.24) is 20.5 Å². The number of hydrogen-bond acceptors (Lipinski definition) is 6. The summed E-state index contributed by atoms with van der Waals surface area (Å²) in [5, 5.41) is 9.84. The number of carbonyl (C=O) groups is 1. The molecule has 0 spiro atoms. The quantitative estimate of drug-likeness (QED) is 0.237. The van der Waals surface area contributed by atoms with Crippen molar-refractivity contribution in [2.24, 2.45) is 0 Å². The molecule has 0 fully saturated rings. The number of alkyl halides is 2. The third-order valence-electron chi connectivity index (χ3n) is 6.06. The molecule has 0 saturated carbocycles. The van der Waals surface area contributed by atoms with Gasteiger partial charge >= 0.3 is 0 Å². The predicted molar refractivity (Wildman–Crippen MR) is 139 cm³/mol. The molecule has 204 valence electrons. The monoisotopic (exact) mass is 538 g/mol. The fourth-order valence-corrected chi connectivity index (χ4v) is 4.14. The highest BCUT2D eigenvalue weighted by Crippen LogP contribution is 2.25. The third-order valence-corrected chi connectivity index (χ3v) is 6.06. The average Bonchev–Trinajstić information content (AvgIpc) is 3.33. The van der Waals surface area contributed by atoms with Gasteiger partial charge in [-0.05, 0) is 35.4 Å². The molecular formula is C28H28F2N4O5. The number of halogens is 2. The number of pyridine rings is 1. The molecular weight excluding hydrogens is 510 g/mol. The molecule has 2 aromatic carbocycles. The van der Waals surface area contributed by atoms with E-state index in [1.54, 1.807) is 25.4 Å². The van der Waals surface area contributed by atoms with E-state index in [4.69, 9.17) is 14.2 Å². The van der Waals surface area contributed by atoms with Crippen molar-refractivity contribution in [3.05, 3.63) is 110 Å². The molecule has 0 aliphatic carbocycles. The van der Waals surface area contributed by atoms with Crippen LogP contribution in [0.1, 0.15) is 44.0 Å².